The third-order valence-electron chi connectivity index (χ3n) is 0.838. The number of thioether (sulfide) groups is 1. The van der Waals surface area contributed by atoms with Crippen LogP contribution in [0.3, 0.4) is 0 Å². The molecule has 0 aromatic heterocycles. The van der Waals surface area contributed by atoms with E-state index in [-0.39, 0.29) is 0 Å². The molecule has 0 spiro atoms. The van der Waals surface area contributed by atoms with Crippen LogP contribution in [0.2, 0.25) is 0 Å². The van der Waals surface area contributed by atoms with Crippen LogP contribution in [0.15, 0.2) is 0 Å². The van der Waals surface area contributed by atoms with Gasteiger partial charge in [-0.1, -0.05) is 20.8 Å². The van der Waals surface area contributed by atoms with Gasteiger partial charge in [0.25, 0.3) is 0 Å². The summed E-state index contributed by atoms with van der Waals surface area (Å²) in [5.41, 5.74) is 0. The molecule has 0 heterocycles. The molecule has 0 saturated carbocycles. The van der Waals surface area contributed by atoms with E-state index in [1.54, 1.807) is 0 Å². The normalized spacial score (nSPS) is 12.0. The van der Waals surface area contributed by atoms with Crippen molar-refractivity contribution in [3.63, 3.8) is 0 Å². The van der Waals surface area contributed by atoms with Crippen molar-refractivity contribution in [3.8, 4) is 0 Å². The first-order chi connectivity index (χ1) is 4.06. The molecule has 0 aliphatic heterocycles. The maximum Gasteiger partial charge on any atom is 0.0438 e. The average Bonchev–Trinajstić information content (AvgIpc) is 1.63. The highest BCUT2D eigenvalue weighted by Gasteiger charge is 2.08. The van der Waals surface area contributed by atoms with Crippen LogP contribution in [0, 0.1) is 0 Å². The average molecular weight is 148 g/mol. The van der Waals surface area contributed by atoms with Gasteiger partial charge in [0.15, 0.2) is 0 Å². The molecule has 0 aromatic carbocycles. The largest absolute Gasteiger partial charge is 0.396 e. The number of hydrogen-bond donors (Lipinski definition) is 1. The number of rotatable bonds is 3. The first kappa shape index (κ1) is 9.31. The van der Waals surface area contributed by atoms with Crippen molar-refractivity contribution in [1.29, 1.82) is 0 Å². The zero-order valence-electron chi connectivity index (χ0n) is 6.48. The highest BCUT2D eigenvalue weighted by Crippen LogP contribution is 2.23. The number of hydrogen-bond acceptors (Lipinski definition) is 2. The van der Waals surface area contributed by atoms with Crippen molar-refractivity contribution in [1.82, 2.24) is 0 Å². The predicted molar refractivity (Wildman–Crippen MR) is 43.9 cm³/mol. The Balaban J connectivity index is 3.07. The quantitative estimate of drug-likeness (QED) is 0.617. The molecule has 0 radical (unpaired) electrons. The zero-order valence-corrected chi connectivity index (χ0v) is 7.29. The molecule has 0 amide bonds. The molecule has 56 valence electrons. The van der Waals surface area contributed by atoms with Gasteiger partial charge in [0, 0.05) is 11.4 Å². The molecule has 2 heteroatoms. The fourth-order valence-electron chi connectivity index (χ4n) is 0.443. The first-order valence-corrected chi connectivity index (χ1v) is 4.29. The minimum atomic E-state index is 0.322. The van der Waals surface area contributed by atoms with E-state index in [0.717, 1.165) is 12.2 Å². The number of aliphatic hydroxyl groups is 1. The molecular formula is C7H16OS. The van der Waals surface area contributed by atoms with Crippen molar-refractivity contribution in [2.45, 2.75) is 31.9 Å². The van der Waals surface area contributed by atoms with Gasteiger partial charge in [-0.15, -0.1) is 0 Å². The maximum atomic E-state index is 8.45. The van der Waals surface area contributed by atoms with Crippen LogP contribution in [0.5, 0.6) is 0 Å². The summed E-state index contributed by atoms with van der Waals surface area (Å²) in [6, 6.07) is 0. The summed E-state index contributed by atoms with van der Waals surface area (Å²) in [6.07, 6.45) is 0.919. The molecule has 0 unspecified atom stereocenters. The van der Waals surface area contributed by atoms with Crippen molar-refractivity contribution in [2.24, 2.45) is 0 Å². The number of aliphatic hydroxyl groups excluding tert-OH is 1. The lowest BCUT2D eigenvalue weighted by Gasteiger charge is -2.16. The van der Waals surface area contributed by atoms with Crippen LogP contribution in [0.25, 0.3) is 0 Å². The molecule has 0 aliphatic rings. The van der Waals surface area contributed by atoms with Gasteiger partial charge in [0.1, 0.15) is 0 Å². The summed E-state index contributed by atoms with van der Waals surface area (Å²) in [6.45, 7) is 6.89. The Morgan fingerprint density at radius 1 is 1.33 bits per heavy atom. The van der Waals surface area contributed by atoms with Crippen molar-refractivity contribution >= 4 is 11.8 Å². The molecular weight excluding hydrogens is 132 g/mol. The summed E-state index contributed by atoms with van der Waals surface area (Å²) in [4.78, 5) is 0. The van der Waals surface area contributed by atoms with E-state index >= 15 is 0 Å². The van der Waals surface area contributed by atoms with Crippen LogP contribution in [-0.2, 0) is 0 Å². The second-order valence-corrected chi connectivity index (χ2v) is 4.96. The van der Waals surface area contributed by atoms with E-state index in [4.69, 9.17) is 5.11 Å². The molecule has 0 aromatic rings. The van der Waals surface area contributed by atoms with Gasteiger partial charge in [0.2, 0.25) is 0 Å². The summed E-state index contributed by atoms with van der Waals surface area (Å²) in [5, 5.41) is 8.45. The Bertz CT molecular complexity index is 65.8. The zero-order chi connectivity index (χ0) is 7.33. The maximum absolute atomic E-state index is 8.45. The molecule has 0 rings (SSSR count). The molecule has 0 fully saturated rings. The Kier molecular flexibility index (Phi) is 4.32. The highest BCUT2D eigenvalue weighted by molar-refractivity contribution is 8.00. The van der Waals surface area contributed by atoms with Gasteiger partial charge in [-0.2, -0.15) is 11.8 Å². The fraction of sp³-hybridized carbons (Fsp3) is 1.00. The summed E-state index contributed by atoms with van der Waals surface area (Å²) in [5.74, 6) is 1.07. The van der Waals surface area contributed by atoms with Crippen molar-refractivity contribution in [3.05, 3.63) is 0 Å². The van der Waals surface area contributed by atoms with Crippen molar-refractivity contribution in [2.75, 3.05) is 12.4 Å². The van der Waals surface area contributed by atoms with E-state index in [0.29, 0.717) is 11.4 Å². The summed E-state index contributed by atoms with van der Waals surface area (Å²) < 4.78 is 0.356. The van der Waals surface area contributed by atoms with Crippen LogP contribution >= 0.6 is 11.8 Å². The second-order valence-electron chi connectivity index (χ2n) is 3.04. The van der Waals surface area contributed by atoms with Crippen LogP contribution in [0.1, 0.15) is 27.2 Å². The molecule has 0 atom stereocenters. The Hall–Kier alpha value is 0.310. The Morgan fingerprint density at radius 3 is 2.22 bits per heavy atom. The van der Waals surface area contributed by atoms with Gasteiger partial charge in [-0.3, -0.25) is 0 Å². The van der Waals surface area contributed by atoms with Gasteiger partial charge in [-0.25, -0.2) is 0 Å². The van der Waals surface area contributed by atoms with E-state index < -0.39 is 0 Å². The molecule has 1 nitrogen and oxygen atoms in total. The Labute approximate surface area is 61.8 Å². The molecule has 0 aliphatic carbocycles. The van der Waals surface area contributed by atoms with Gasteiger partial charge in [-0.05, 0) is 12.2 Å². The SMILES string of the molecule is CC(C)(C)SCCCO. The topological polar surface area (TPSA) is 20.2 Å². The van der Waals surface area contributed by atoms with Gasteiger partial charge in [0.05, 0.1) is 0 Å². The summed E-state index contributed by atoms with van der Waals surface area (Å²) >= 11 is 1.90. The molecule has 0 saturated heterocycles. The minimum absolute atomic E-state index is 0.322. The van der Waals surface area contributed by atoms with E-state index in [9.17, 15) is 0 Å². The van der Waals surface area contributed by atoms with Gasteiger partial charge >= 0.3 is 0 Å². The fourth-order valence-corrected chi connectivity index (χ4v) is 1.33. The summed E-state index contributed by atoms with van der Waals surface area (Å²) in [7, 11) is 0. The minimum Gasteiger partial charge on any atom is -0.396 e. The second kappa shape index (κ2) is 4.18. The molecule has 0 bridgehead atoms. The lowest BCUT2D eigenvalue weighted by atomic mass is 10.3. The third kappa shape index (κ3) is 8.31. The monoisotopic (exact) mass is 148 g/mol. The van der Waals surface area contributed by atoms with E-state index in [1.165, 1.54) is 0 Å². The smallest absolute Gasteiger partial charge is 0.0438 e. The lowest BCUT2D eigenvalue weighted by Crippen LogP contribution is -2.08. The van der Waals surface area contributed by atoms with Crippen LogP contribution < -0.4 is 0 Å². The first-order valence-electron chi connectivity index (χ1n) is 3.31. The van der Waals surface area contributed by atoms with Crippen LogP contribution in [0.4, 0.5) is 0 Å². The van der Waals surface area contributed by atoms with E-state index in [2.05, 4.69) is 20.8 Å². The van der Waals surface area contributed by atoms with Gasteiger partial charge < -0.3 is 5.11 Å². The third-order valence-corrected chi connectivity index (χ3v) is 2.20. The standard InChI is InChI=1S/C7H16OS/c1-7(2,3)9-6-4-5-8/h8H,4-6H2,1-3H3. The molecule has 9 heavy (non-hydrogen) atoms. The van der Waals surface area contributed by atoms with E-state index in [1.807, 2.05) is 11.8 Å². The Morgan fingerprint density at radius 2 is 1.89 bits per heavy atom. The lowest BCUT2D eigenvalue weighted by molar-refractivity contribution is 0.296. The molecule has 1 N–H and O–H groups in total. The van der Waals surface area contributed by atoms with Crippen LogP contribution in [-0.4, -0.2) is 22.2 Å². The van der Waals surface area contributed by atoms with Crippen molar-refractivity contribution < 1.29 is 5.11 Å². The predicted octanol–water partition coefficient (Wildman–Crippen LogP) is 1.90. The highest BCUT2D eigenvalue weighted by atomic mass is 32.2.